The largest absolute Gasteiger partial charge is 0.380 e. The van der Waals surface area contributed by atoms with Crippen LogP contribution in [0.4, 0.5) is 20.5 Å². The molecule has 1 atom stereocenters. The molecule has 0 aliphatic carbocycles. The van der Waals surface area contributed by atoms with Crippen LogP contribution in [0.1, 0.15) is 18.1 Å². The van der Waals surface area contributed by atoms with Gasteiger partial charge in [0.15, 0.2) is 5.82 Å². The highest BCUT2D eigenvalue weighted by molar-refractivity contribution is 5.77. The number of aryl methyl sites for hydroxylation is 1. The van der Waals surface area contributed by atoms with E-state index >= 15 is 0 Å². The average molecular weight is 518 g/mol. The Morgan fingerprint density at radius 1 is 0.868 bits per heavy atom. The van der Waals surface area contributed by atoms with Crippen molar-refractivity contribution >= 4 is 17.3 Å². The van der Waals surface area contributed by atoms with Gasteiger partial charge in [-0.3, -0.25) is 4.68 Å². The smallest absolute Gasteiger partial charge is 0.225 e. The summed E-state index contributed by atoms with van der Waals surface area (Å²) in [5, 5.41) is 19.6. The topological polar surface area (TPSA) is 100 Å². The third kappa shape index (κ3) is 4.12. The maximum Gasteiger partial charge on any atom is 0.225 e. The zero-order valence-electron chi connectivity index (χ0n) is 20.8. The molecule has 0 radical (unpaired) electrons. The van der Waals surface area contributed by atoms with Gasteiger partial charge in [-0.15, -0.1) is 0 Å². The van der Waals surface area contributed by atoms with E-state index in [9.17, 15) is 13.9 Å². The molecule has 38 heavy (non-hydrogen) atoms. The van der Waals surface area contributed by atoms with E-state index in [4.69, 9.17) is 0 Å². The van der Waals surface area contributed by atoms with E-state index < -0.39 is 22.8 Å². The molecule has 12 heteroatoms. The Hall–Kier alpha value is -4.45. The lowest BCUT2D eigenvalue weighted by Gasteiger charge is -2.35. The van der Waals surface area contributed by atoms with Gasteiger partial charge in [0.05, 0.1) is 11.8 Å². The van der Waals surface area contributed by atoms with E-state index in [0.29, 0.717) is 32.1 Å². The molecule has 5 heterocycles. The van der Waals surface area contributed by atoms with Crippen molar-refractivity contribution in [2.75, 3.05) is 36.0 Å². The van der Waals surface area contributed by atoms with Gasteiger partial charge in [-0.1, -0.05) is 6.07 Å². The Morgan fingerprint density at radius 2 is 1.55 bits per heavy atom. The Kier molecular flexibility index (Phi) is 5.75. The van der Waals surface area contributed by atoms with Crippen molar-refractivity contribution in [3.63, 3.8) is 0 Å². The Labute approximate surface area is 216 Å². The summed E-state index contributed by atoms with van der Waals surface area (Å²) in [5.74, 6) is -0.337. The first-order valence-electron chi connectivity index (χ1n) is 12.1. The molecule has 0 unspecified atom stereocenters. The van der Waals surface area contributed by atoms with E-state index in [2.05, 4.69) is 36.1 Å². The number of nitrogens with zero attached hydrogens (tertiary/aromatic N) is 9. The minimum absolute atomic E-state index is 0.199. The molecule has 0 bridgehead atoms. The second-order valence-electron chi connectivity index (χ2n) is 9.46. The third-order valence-electron chi connectivity index (χ3n) is 6.94. The molecule has 6 rings (SSSR count). The van der Waals surface area contributed by atoms with Crippen LogP contribution in [0.2, 0.25) is 0 Å². The SMILES string of the molecule is Cn1cc(-c2cc3c(N4CCN(c5ncc([C@@](C)(O)c6c(F)cccc6F)cn5)CC4)ncnn3c2)cn1. The number of piperazine rings is 1. The number of aliphatic hydroxyl groups is 1. The summed E-state index contributed by atoms with van der Waals surface area (Å²) in [5.41, 5.74) is 0.770. The normalized spacial score (nSPS) is 15.7. The van der Waals surface area contributed by atoms with Crippen LogP contribution >= 0.6 is 0 Å². The number of fused-ring (bicyclic) bond motifs is 1. The number of aromatic nitrogens is 7. The first-order chi connectivity index (χ1) is 18.3. The lowest BCUT2D eigenvalue weighted by atomic mass is 9.89. The van der Waals surface area contributed by atoms with Gasteiger partial charge < -0.3 is 14.9 Å². The van der Waals surface area contributed by atoms with E-state index in [1.54, 1.807) is 11.0 Å². The fourth-order valence-corrected chi connectivity index (χ4v) is 4.85. The standard InChI is InChI=1S/C26H25F2N9O/c1-26(38,23-20(27)4-3-5-21(23)28)19-12-29-25(30-13-19)36-8-6-35(7-9-36)24-22-10-17(15-37(22)33-16-31-24)18-11-32-34(2)14-18/h3-5,10-16,38H,6-9H2,1-2H3/t26-/m1/s1. The summed E-state index contributed by atoms with van der Waals surface area (Å²) in [6.45, 7) is 3.98. The molecular formula is C26H25F2N9O. The zero-order valence-corrected chi connectivity index (χ0v) is 20.8. The molecule has 1 aromatic carbocycles. The highest BCUT2D eigenvalue weighted by atomic mass is 19.1. The van der Waals surface area contributed by atoms with Crippen molar-refractivity contribution in [3.05, 3.63) is 84.3 Å². The van der Waals surface area contributed by atoms with Gasteiger partial charge in [0.2, 0.25) is 5.95 Å². The lowest BCUT2D eigenvalue weighted by Crippen LogP contribution is -2.47. The molecule has 1 aliphatic heterocycles. The fourth-order valence-electron chi connectivity index (χ4n) is 4.85. The van der Waals surface area contributed by atoms with Crippen LogP contribution in [-0.2, 0) is 12.6 Å². The van der Waals surface area contributed by atoms with Gasteiger partial charge >= 0.3 is 0 Å². The number of halogens is 2. The minimum Gasteiger partial charge on any atom is -0.380 e. The number of hydrogen-bond donors (Lipinski definition) is 1. The molecule has 1 saturated heterocycles. The number of benzene rings is 1. The maximum absolute atomic E-state index is 14.3. The molecule has 10 nitrogen and oxygen atoms in total. The van der Waals surface area contributed by atoms with Gasteiger partial charge in [-0.2, -0.15) is 10.2 Å². The molecular weight excluding hydrogens is 492 g/mol. The highest BCUT2D eigenvalue weighted by Crippen LogP contribution is 2.33. The predicted molar refractivity (Wildman–Crippen MR) is 137 cm³/mol. The van der Waals surface area contributed by atoms with Gasteiger partial charge in [0.1, 0.15) is 29.1 Å². The molecule has 1 aliphatic rings. The van der Waals surface area contributed by atoms with Crippen LogP contribution in [0.15, 0.2) is 61.6 Å². The molecule has 0 saturated carbocycles. The molecule has 194 valence electrons. The average Bonchev–Trinajstić information content (AvgIpc) is 3.55. The molecule has 1 fully saturated rings. The van der Waals surface area contributed by atoms with E-state index in [0.717, 1.165) is 34.6 Å². The highest BCUT2D eigenvalue weighted by Gasteiger charge is 2.33. The summed E-state index contributed by atoms with van der Waals surface area (Å²) in [6.07, 6.45) is 10.1. The predicted octanol–water partition coefficient (Wildman–Crippen LogP) is 2.78. The van der Waals surface area contributed by atoms with Gasteiger partial charge in [-0.25, -0.2) is 28.2 Å². The third-order valence-corrected chi connectivity index (χ3v) is 6.94. The lowest BCUT2D eigenvalue weighted by molar-refractivity contribution is 0.0926. The Morgan fingerprint density at radius 3 is 2.21 bits per heavy atom. The zero-order chi connectivity index (χ0) is 26.4. The van der Waals surface area contributed by atoms with Crippen molar-refractivity contribution in [2.24, 2.45) is 7.05 Å². The van der Waals surface area contributed by atoms with Crippen LogP contribution < -0.4 is 9.80 Å². The fraction of sp³-hybridized carbons (Fsp3) is 0.269. The van der Waals surface area contributed by atoms with Crippen molar-refractivity contribution in [1.82, 2.24) is 34.3 Å². The van der Waals surface area contributed by atoms with Crippen LogP contribution in [0, 0.1) is 11.6 Å². The Balaban J connectivity index is 1.18. The van der Waals surface area contributed by atoms with Crippen LogP contribution in [0.5, 0.6) is 0 Å². The van der Waals surface area contributed by atoms with Gasteiger partial charge in [0, 0.05) is 74.7 Å². The summed E-state index contributed by atoms with van der Waals surface area (Å²) < 4.78 is 32.2. The molecule has 1 N–H and O–H groups in total. The first kappa shape index (κ1) is 23.9. The van der Waals surface area contributed by atoms with E-state index in [1.165, 1.54) is 25.4 Å². The monoisotopic (exact) mass is 517 g/mol. The number of anilines is 2. The van der Waals surface area contributed by atoms with Crippen molar-refractivity contribution in [3.8, 4) is 11.1 Å². The van der Waals surface area contributed by atoms with E-state index in [-0.39, 0.29) is 5.56 Å². The minimum atomic E-state index is -1.92. The second kappa shape index (κ2) is 9.14. The first-order valence-corrected chi connectivity index (χ1v) is 12.1. The summed E-state index contributed by atoms with van der Waals surface area (Å²) in [6, 6.07) is 5.54. The van der Waals surface area contributed by atoms with Crippen LogP contribution in [0.3, 0.4) is 0 Å². The number of rotatable bonds is 5. The summed E-state index contributed by atoms with van der Waals surface area (Å²) in [7, 11) is 1.88. The van der Waals surface area contributed by atoms with Crippen molar-refractivity contribution in [1.29, 1.82) is 0 Å². The maximum atomic E-state index is 14.3. The van der Waals surface area contributed by atoms with Gasteiger partial charge in [0.25, 0.3) is 0 Å². The van der Waals surface area contributed by atoms with Crippen LogP contribution in [-0.4, -0.2) is 65.6 Å². The van der Waals surface area contributed by atoms with E-state index in [1.807, 2.05) is 35.1 Å². The molecule has 5 aromatic rings. The molecule has 4 aromatic heterocycles. The quantitative estimate of drug-likeness (QED) is 0.380. The van der Waals surface area contributed by atoms with Crippen molar-refractivity contribution in [2.45, 2.75) is 12.5 Å². The van der Waals surface area contributed by atoms with Crippen LogP contribution in [0.25, 0.3) is 16.6 Å². The Bertz CT molecular complexity index is 1580. The number of hydrogen-bond acceptors (Lipinski definition) is 8. The van der Waals surface area contributed by atoms with Crippen molar-refractivity contribution < 1.29 is 13.9 Å². The second-order valence-corrected chi connectivity index (χ2v) is 9.46. The summed E-state index contributed by atoms with van der Waals surface area (Å²) >= 11 is 0. The molecule has 0 spiro atoms. The summed E-state index contributed by atoms with van der Waals surface area (Å²) in [4.78, 5) is 17.6. The molecule has 0 amide bonds. The van der Waals surface area contributed by atoms with Gasteiger partial charge in [-0.05, 0) is 25.1 Å².